The normalized spacial score (nSPS) is 24.1. The minimum Gasteiger partial charge on any atom is -0.338 e. The predicted molar refractivity (Wildman–Crippen MR) is 65.7 cm³/mol. The highest BCUT2D eigenvalue weighted by Crippen LogP contribution is 2.23. The second-order valence-electron chi connectivity index (χ2n) is 4.66. The van der Waals surface area contributed by atoms with Crippen molar-refractivity contribution in [2.75, 3.05) is 13.1 Å². The zero-order valence-electron chi connectivity index (χ0n) is 10.00. The van der Waals surface area contributed by atoms with Crippen molar-refractivity contribution in [3.63, 3.8) is 0 Å². The zero-order chi connectivity index (χ0) is 13.3. The van der Waals surface area contributed by atoms with Crippen molar-refractivity contribution >= 4 is 17.5 Å². The molecule has 1 aliphatic rings. The number of amides is 1. The van der Waals surface area contributed by atoms with E-state index in [0.29, 0.717) is 19.5 Å². The molecule has 0 aliphatic carbocycles. The summed E-state index contributed by atoms with van der Waals surface area (Å²) in [6, 6.07) is 2.91. The molecule has 98 valence electrons. The molecule has 0 aromatic heterocycles. The van der Waals surface area contributed by atoms with Crippen LogP contribution in [0.25, 0.3) is 0 Å². The molecule has 2 nitrogen and oxygen atoms in total. The van der Waals surface area contributed by atoms with Crippen molar-refractivity contribution in [3.05, 3.63) is 35.4 Å². The van der Waals surface area contributed by atoms with Crippen LogP contribution in [0.1, 0.15) is 23.7 Å². The van der Waals surface area contributed by atoms with E-state index < -0.39 is 17.5 Å². The van der Waals surface area contributed by atoms with E-state index in [1.807, 2.05) is 6.92 Å². The zero-order valence-corrected chi connectivity index (χ0v) is 10.8. The minimum atomic E-state index is -0.693. The van der Waals surface area contributed by atoms with Gasteiger partial charge in [0.1, 0.15) is 11.6 Å². The Balaban J connectivity index is 2.19. The molecule has 0 radical (unpaired) electrons. The minimum absolute atomic E-state index is 0.0337. The lowest BCUT2D eigenvalue weighted by atomic mass is 9.99. The Hall–Kier alpha value is -1.16. The van der Waals surface area contributed by atoms with Crippen LogP contribution >= 0.6 is 11.6 Å². The number of hydrogen-bond donors (Lipinski definition) is 0. The van der Waals surface area contributed by atoms with Crippen LogP contribution in [0.5, 0.6) is 0 Å². The summed E-state index contributed by atoms with van der Waals surface area (Å²) in [6.07, 6.45) is 0.672. The Kier molecular flexibility index (Phi) is 3.85. The summed E-state index contributed by atoms with van der Waals surface area (Å²) in [5.41, 5.74) is -0.213. The van der Waals surface area contributed by atoms with E-state index in [1.54, 1.807) is 0 Å². The quantitative estimate of drug-likeness (QED) is 0.720. The van der Waals surface area contributed by atoms with Crippen molar-refractivity contribution in [1.29, 1.82) is 0 Å². The third-order valence-electron chi connectivity index (χ3n) is 3.25. The molecule has 0 bridgehead atoms. The van der Waals surface area contributed by atoms with Crippen molar-refractivity contribution in [2.45, 2.75) is 18.7 Å². The predicted octanol–water partition coefficient (Wildman–Crippen LogP) is 3.05. The lowest BCUT2D eigenvalue weighted by Crippen LogP contribution is -2.43. The van der Waals surface area contributed by atoms with Crippen LogP contribution in [-0.4, -0.2) is 29.3 Å². The SMILES string of the molecule is CC1CN(C(=O)c2cc(F)ccc2F)CCC1Cl. The van der Waals surface area contributed by atoms with Gasteiger partial charge in [-0.25, -0.2) is 8.78 Å². The number of carbonyl (C=O) groups excluding carboxylic acids is 1. The van der Waals surface area contributed by atoms with Gasteiger partial charge in [-0.1, -0.05) is 6.92 Å². The van der Waals surface area contributed by atoms with E-state index >= 15 is 0 Å². The number of hydrogen-bond acceptors (Lipinski definition) is 1. The number of nitrogens with zero attached hydrogens (tertiary/aromatic N) is 1. The third kappa shape index (κ3) is 2.64. The highest BCUT2D eigenvalue weighted by molar-refractivity contribution is 6.20. The molecule has 1 saturated heterocycles. The van der Waals surface area contributed by atoms with E-state index in [4.69, 9.17) is 11.6 Å². The molecule has 1 fully saturated rings. The third-order valence-corrected chi connectivity index (χ3v) is 3.90. The Morgan fingerprint density at radius 1 is 1.44 bits per heavy atom. The smallest absolute Gasteiger partial charge is 0.256 e. The van der Waals surface area contributed by atoms with Crippen LogP contribution < -0.4 is 0 Å². The molecule has 0 saturated carbocycles. The van der Waals surface area contributed by atoms with Gasteiger partial charge in [-0.05, 0) is 30.5 Å². The molecule has 2 atom stereocenters. The highest BCUT2D eigenvalue weighted by Gasteiger charge is 2.29. The first-order valence-corrected chi connectivity index (χ1v) is 6.31. The van der Waals surface area contributed by atoms with E-state index in [2.05, 4.69) is 0 Å². The lowest BCUT2D eigenvalue weighted by Gasteiger charge is -2.34. The average Bonchev–Trinajstić information content (AvgIpc) is 2.35. The number of likely N-dealkylation sites (tertiary alicyclic amines) is 1. The Morgan fingerprint density at radius 2 is 2.17 bits per heavy atom. The van der Waals surface area contributed by atoms with Gasteiger partial charge in [0.15, 0.2) is 0 Å². The van der Waals surface area contributed by atoms with Gasteiger partial charge in [-0.3, -0.25) is 4.79 Å². The molecule has 1 aromatic carbocycles. The molecule has 1 aliphatic heterocycles. The molecular formula is C13H14ClF2NO. The molecule has 1 heterocycles. The maximum atomic E-state index is 13.5. The maximum Gasteiger partial charge on any atom is 0.256 e. The summed E-state index contributed by atoms with van der Waals surface area (Å²) in [5, 5.41) is 0.0337. The van der Waals surface area contributed by atoms with Crippen LogP contribution in [-0.2, 0) is 0 Å². The maximum absolute atomic E-state index is 13.5. The van der Waals surface area contributed by atoms with Gasteiger partial charge in [0, 0.05) is 18.5 Å². The number of piperidine rings is 1. The summed E-state index contributed by atoms with van der Waals surface area (Å²) >= 11 is 6.07. The van der Waals surface area contributed by atoms with Crippen LogP contribution in [0.15, 0.2) is 18.2 Å². The first kappa shape index (κ1) is 13.3. The van der Waals surface area contributed by atoms with Gasteiger partial charge in [0.05, 0.1) is 5.56 Å². The van der Waals surface area contributed by atoms with Gasteiger partial charge < -0.3 is 4.90 Å². The second kappa shape index (κ2) is 5.22. The van der Waals surface area contributed by atoms with Crippen LogP contribution in [0, 0.1) is 17.6 Å². The molecule has 1 amide bonds. The molecule has 2 unspecified atom stereocenters. The number of carbonyl (C=O) groups is 1. The van der Waals surface area contributed by atoms with E-state index in [-0.39, 0.29) is 16.9 Å². The fourth-order valence-electron chi connectivity index (χ4n) is 2.13. The lowest BCUT2D eigenvalue weighted by molar-refractivity contribution is 0.0681. The van der Waals surface area contributed by atoms with E-state index in [0.717, 1.165) is 18.2 Å². The van der Waals surface area contributed by atoms with E-state index in [9.17, 15) is 13.6 Å². The van der Waals surface area contributed by atoms with Gasteiger partial charge in [0.25, 0.3) is 5.91 Å². The number of rotatable bonds is 1. The first-order valence-electron chi connectivity index (χ1n) is 5.87. The molecule has 18 heavy (non-hydrogen) atoms. The monoisotopic (exact) mass is 273 g/mol. The Labute approximate surface area is 110 Å². The molecule has 2 rings (SSSR count). The first-order chi connectivity index (χ1) is 8.49. The van der Waals surface area contributed by atoms with Gasteiger partial charge in [-0.15, -0.1) is 11.6 Å². The summed E-state index contributed by atoms with van der Waals surface area (Å²) < 4.78 is 26.6. The number of halogens is 3. The van der Waals surface area contributed by atoms with E-state index in [1.165, 1.54) is 4.90 Å². The highest BCUT2D eigenvalue weighted by atomic mass is 35.5. The van der Waals surface area contributed by atoms with Crippen molar-refractivity contribution < 1.29 is 13.6 Å². The summed E-state index contributed by atoms with van der Waals surface area (Å²) in [4.78, 5) is 13.6. The summed E-state index contributed by atoms with van der Waals surface area (Å²) in [5.74, 6) is -1.62. The average molecular weight is 274 g/mol. The second-order valence-corrected chi connectivity index (χ2v) is 5.22. The standard InChI is InChI=1S/C13H14ClF2NO/c1-8-7-17(5-4-11(8)14)13(18)10-6-9(15)2-3-12(10)16/h2-3,6,8,11H,4-5,7H2,1H3. The summed E-state index contributed by atoms with van der Waals surface area (Å²) in [7, 11) is 0. The molecular weight excluding hydrogens is 260 g/mol. The van der Waals surface area contributed by atoms with Crippen molar-refractivity contribution in [2.24, 2.45) is 5.92 Å². The van der Waals surface area contributed by atoms with Gasteiger partial charge in [0.2, 0.25) is 0 Å². The van der Waals surface area contributed by atoms with Crippen LogP contribution in [0.3, 0.4) is 0 Å². The van der Waals surface area contributed by atoms with Crippen LogP contribution in [0.2, 0.25) is 0 Å². The van der Waals surface area contributed by atoms with Gasteiger partial charge >= 0.3 is 0 Å². The number of alkyl halides is 1. The Bertz CT molecular complexity index is 466. The van der Waals surface area contributed by atoms with Crippen molar-refractivity contribution in [1.82, 2.24) is 4.90 Å². The fraction of sp³-hybridized carbons (Fsp3) is 0.462. The van der Waals surface area contributed by atoms with Gasteiger partial charge in [-0.2, -0.15) is 0 Å². The Morgan fingerprint density at radius 3 is 2.83 bits per heavy atom. The fourth-order valence-corrected chi connectivity index (χ4v) is 2.31. The molecule has 5 heteroatoms. The molecule has 0 N–H and O–H groups in total. The molecule has 0 spiro atoms. The number of benzene rings is 1. The molecule has 1 aromatic rings. The van der Waals surface area contributed by atoms with Crippen LogP contribution in [0.4, 0.5) is 8.78 Å². The topological polar surface area (TPSA) is 20.3 Å². The van der Waals surface area contributed by atoms with Crippen molar-refractivity contribution in [3.8, 4) is 0 Å². The summed E-state index contributed by atoms with van der Waals surface area (Å²) in [6.45, 7) is 2.90. The largest absolute Gasteiger partial charge is 0.338 e.